The minimum atomic E-state index is 0.00542. The Bertz CT molecular complexity index is 323. The number of nitrogen functional groups attached to an aromatic ring is 1. The highest BCUT2D eigenvalue weighted by Crippen LogP contribution is 2.19. The van der Waals surface area contributed by atoms with E-state index in [0.717, 1.165) is 5.69 Å². The fourth-order valence-electron chi connectivity index (χ4n) is 1.00. The molecule has 1 rings (SSSR count). The summed E-state index contributed by atoms with van der Waals surface area (Å²) in [6.07, 6.45) is 0. The van der Waals surface area contributed by atoms with Crippen molar-refractivity contribution in [3.63, 3.8) is 0 Å². The molecular formula is C10H15N3. The van der Waals surface area contributed by atoms with Gasteiger partial charge in [-0.15, -0.1) is 0 Å². The number of amidine groups is 1. The van der Waals surface area contributed by atoms with Crippen LogP contribution in [0.15, 0.2) is 18.2 Å². The molecule has 1 heterocycles. The minimum Gasteiger partial charge on any atom is -0.382 e. The van der Waals surface area contributed by atoms with E-state index in [1.54, 1.807) is 6.07 Å². The van der Waals surface area contributed by atoms with Crippen molar-refractivity contribution in [2.45, 2.75) is 26.2 Å². The molecule has 0 saturated carbocycles. The normalized spacial score (nSPS) is 11.3. The molecule has 0 aliphatic carbocycles. The van der Waals surface area contributed by atoms with E-state index in [1.165, 1.54) is 0 Å². The SMILES string of the molecule is CC(C)(C)c1cccc(C(=N)N)n1. The lowest BCUT2D eigenvalue weighted by Gasteiger charge is -2.17. The monoisotopic (exact) mass is 177 g/mol. The summed E-state index contributed by atoms with van der Waals surface area (Å²) in [7, 11) is 0. The Morgan fingerprint density at radius 1 is 1.38 bits per heavy atom. The largest absolute Gasteiger partial charge is 0.382 e. The van der Waals surface area contributed by atoms with Crippen LogP contribution in [-0.4, -0.2) is 10.8 Å². The van der Waals surface area contributed by atoms with E-state index in [2.05, 4.69) is 25.8 Å². The third kappa shape index (κ3) is 2.28. The fraction of sp³-hybridized carbons (Fsp3) is 0.400. The highest BCUT2D eigenvalue weighted by molar-refractivity contribution is 5.92. The molecule has 0 fully saturated rings. The minimum absolute atomic E-state index is 0.00542. The molecule has 0 atom stereocenters. The van der Waals surface area contributed by atoms with Gasteiger partial charge in [0.1, 0.15) is 11.5 Å². The first-order valence-electron chi connectivity index (χ1n) is 4.23. The second-order valence-corrected chi connectivity index (χ2v) is 4.07. The van der Waals surface area contributed by atoms with Crippen LogP contribution in [0.5, 0.6) is 0 Å². The zero-order valence-corrected chi connectivity index (χ0v) is 8.26. The Morgan fingerprint density at radius 3 is 2.46 bits per heavy atom. The molecule has 13 heavy (non-hydrogen) atoms. The number of nitrogens with one attached hydrogen (secondary N) is 1. The molecule has 0 radical (unpaired) electrons. The van der Waals surface area contributed by atoms with Gasteiger partial charge in [-0.1, -0.05) is 26.8 Å². The van der Waals surface area contributed by atoms with E-state index in [-0.39, 0.29) is 11.3 Å². The fourth-order valence-corrected chi connectivity index (χ4v) is 1.00. The first kappa shape index (κ1) is 9.71. The summed E-state index contributed by atoms with van der Waals surface area (Å²) in [5.41, 5.74) is 6.86. The number of nitrogens with zero attached hydrogens (tertiary/aromatic N) is 1. The predicted molar refractivity (Wildman–Crippen MR) is 54.0 cm³/mol. The molecule has 0 unspecified atom stereocenters. The summed E-state index contributed by atoms with van der Waals surface area (Å²) in [6.45, 7) is 6.25. The van der Waals surface area contributed by atoms with Crippen LogP contribution in [0.1, 0.15) is 32.2 Å². The molecule has 0 bridgehead atoms. The van der Waals surface area contributed by atoms with Gasteiger partial charge in [-0.25, -0.2) is 4.98 Å². The third-order valence-electron chi connectivity index (χ3n) is 1.79. The molecule has 0 amide bonds. The standard InChI is InChI=1S/C10H15N3/c1-10(2,3)8-6-4-5-7(13-8)9(11)12/h4-6H,1-3H3,(H3,11,12). The predicted octanol–water partition coefficient (Wildman–Crippen LogP) is 1.66. The van der Waals surface area contributed by atoms with Crippen molar-refractivity contribution in [2.75, 3.05) is 0 Å². The van der Waals surface area contributed by atoms with Gasteiger partial charge in [0.2, 0.25) is 0 Å². The smallest absolute Gasteiger partial charge is 0.141 e. The van der Waals surface area contributed by atoms with Crippen molar-refractivity contribution >= 4 is 5.84 Å². The Balaban J connectivity index is 3.13. The van der Waals surface area contributed by atoms with Crippen LogP contribution >= 0.6 is 0 Å². The average molecular weight is 177 g/mol. The molecule has 0 saturated heterocycles. The molecule has 0 spiro atoms. The zero-order valence-electron chi connectivity index (χ0n) is 8.26. The molecule has 0 aliphatic rings. The van der Waals surface area contributed by atoms with Gasteiger partial charge < -0.3 is 5.73 Å². The number of nitrogens with two attached hydrogens (primary N) is 1. The molecule has 0 aromatic carbocycles. The number of rotatable bonds is 1. The highest BCUT2D eigenvalue weighted by atomic mass is 14.8. The van der Waals surface area contributed by atoms with Crippen molar-refractivity contribution in [1.29, 1.82) is 5.41 Å². The number of hydrogen-bond donors (Lipinski definition) is 2. The lowest BCUT2D eigenvalue weighted by molar-refractivity contribution is 0.568. The second kappa shape index (κ2) is 3.17. The molecule has 70 valence electrons. The van der Waals surface area contributed by atoms with Gasteiger partial charge in [0.05, 0.1) is 0 Å². The Morgan fingerprint density at radius 2 is 2.00 bits per heavy atom. The number of aromatic nitrogens is 1. The Kier molecular flexibility index (Phi) is 2.36. The maximum atomic E-state index is 7.25. The topological polar surface area (TPSA) is 62.8 Å². The summed E-state index contributed by atoms with van der Waals surface area (Å²) in [5, 5.41) is 7.25. The van der Waals surface area contributed by atoms with Gasteiger partial charge in [-0.2, -0.15) is 0 Å². The maximum Gasteiger partial charge on any atom is 0.141 e. The van der Waals surface area contributed by atoms with E-state index in [1.807, 2.05) is 12.1 Å². The van der Waals surface area contributed by atoms with E-state index in [4.69, 9.17) is 11.1 Å². The molecule has 3 N–H and O–H groups in total. The summed E-state index contributed by atoms with van der Waals surface area (Å²) in [4.78, 5) is 4.29. The number of hydrogen-bond acceptors (Lipinski definition) is 2. The molecule has 0 aliphatic heterocycles. The van der Waals surface area contributed by atoms with E-state index in [0.29, 0.717) is 5.69 Å². The maximum absolute atomic E-state index is 7.25. The highest BCUT2D eigenvalue weighted by Gasteiger charge is 2.15. The van der Waals surface area contributed by atoms with Crippen molar-refractivity contribution in [3.8, 4) is 0 Å². The van der Waals surface area contributed by atoms with Crippen LogP contribution in [-0.2, 0) is 5.41 Å². The lowest BCUT2D eigenvalue weighted by atomic mass is 9.91. The summed E-state index contributed by atoms with van der Waals surface area (Å²) < 4.78 is 0. The van der Waals surface area contributed by atoms with Gasteiger partial charge >= 0.3 is 0 Å². The summed E-state index contributed by atoms with van der Waals surface area (Å²) >= 11 is 0. The lowest BCUT2D eigenvalue weighted by Crippen LogP contribution is -2.18. The van der Waals surface area contributed by atoms with Gasteiger partial charge in [-0.3, -0.25) is 5.41 Å². The Labute approximate surface area is 78.5 Å². The van der Waals surface area contributed by atoms with Gasteiger partial charge in [-0.05, 0) is 12.1 Å². The van der Waals surface area contributed by atoms with Gasteiger partial charge in [0.25, 0.3) is 0 Å². The van der Waals surface area contributed by atoms with E-state index in [9.17, 15) is 0 Å². The molecular weight excluding hydrogens is 162 g/mol. The molecule has 1 aromatic heterocycles. The van der Waals surface area contributed by atoms with Gasteiger partial charge in [0.15, 0.2) is 0 Å². The van der Waals surface area contributed by atoms with Crippen LogP contribution in [0.25, 0.3) is 0 Å². The van der Waals surface area contributed by atoms with E-state index < -0.39 is 0 Å². The molecule has 1 aromatic rings. The van der Waals surface area contributed by atoms with Crippen LogP contribution in [0, 0.1) is 5.41 Å². The molecule has 3 nitrogen and oxygen atoms in total. The van der Waals surface area contributed by atoms with Gasteiger partial charge in [0, 0.05) is 11.1 Å². The number of pyridine rings is 1. The quantitative estimate of drug-likeness (QED) is 0.506. The molecule has 3 heteroatoms. The third-order valence-corrected chi connectivity index (χ3v) is 1.79. The first-order valence-corrected chi connectivity index (χ1v) is 4.23. The Hall–Kier alpha value is -1.38. The van der Waals surface area contributed by atoms with Crippen LogP contribution < -0.4 is 5.73 Å². The van der Waals surface area contributed by atoms with E-state index >= 15 is 0 Å². The van der Waals surface area contributed by atoms with Crippen LogP contribution in [0.4, 0.5) is 0 Å². The first-order chi connectivity index (χ1) is 5.91. The van der Waals surface area contributed by atoms with Crippen molar-refractivity contribution < 1.29 is 0 Å². The zero-order chi connectivity index (χ0) is 10.1. The second-order valence-electron chi connectivity index (χ2n) is 4.07. The van der Waals surface area contributed by atoms with Crippen molar-refractivity contribution in [1.82, 2.24) is 4.98 Å². The van der Waals surface area contributed by atoms with Crippen LogP contribution in [0.3, 0.4) is 0 Å². The van der Waals surface area contributed by atoms with Crippen molar-refractivity contribution in [2.24, 2.45) is 5.73 Å². The summed E-state index contributed by atoms with van der Waals surface area (Å²) in [5.74, 6) is 0.0195. The summed E-state index contributed by atoms with van der Waals surface area (Å²) in [6, 6.07) is 5.58. The van der Waals surface area contributed by atoms with Crippen LogP contribution in [0.2, 0.25) is 0 Å². The average Bonchev–Trinajstić information content (AvgIpc) is 2.03. The van der Waals surface area contributed by atoms with Crippen molar-refractivity contribution in [3.05, 3.63) is 29.6 Å².